The summed E-state index contributed by atoms with van der Waals surface area (Å²) in [4.78, 5) is 6.93. The maximum Gasteiger partial charge on any atom is 0.191 e. The van der Waals surface area contributed by atoms with Crippen LogP contribution >= 0.6 is 11.6 Å². The van der Waals surface area contributed by atoms with Gasteiger partial charge in [-0.1, -0.05) is 37.6 Å². The molecule has 4 nitrogen and oxygen atoms in total. The van der Waals surface area contributed by atoms with E-state index in [0.29, 0.717) is 5.92 Å². The summed E-state index contributed by atoms with van der Waals surface area (Å²) in [7, 11) is 1.82. The minimum atomic E-state index is 0.701. The molecule has 1 atom stereocenters. The van der Waals surface area contributed by atoms with Gasteiger partial charge in [-0.2, -0.15) is 0 Å². The zero-order valence-electron chi connectivity index (χ0n) is 15.2. The highest BCUT2D eigenvalue weighted by atomic mass is 35.5. The molecule has 0 aliphatic carbocycles. The fraction of sp³-hybridized carbons (Fsp3) is 0.632. The summed E-state index contributed by atoms with van der Waals surface area (Å²) in [5, 5.41) is 7.62. The summed E-state index contributed by atoms with van der Waals surface area (Å²) in [5.41, 5.74) is 1.20. The minimum Gasteiger partial charge on any atom is -0.356 e. The summed E-state index contributed by atoms with van der Waals surface area (Å²) in [6, 6.07) is 7.90. The van der Waals surface area contributed by atoms with Gasteiger partial charge in [-0.05, 0) is 48.9 Å². The van der Waals surface area contributed by atoms with E-state index in [1.807, 2.05) is 31.3 Å². The van der Waals surface area contributed by atoms with Gasteiger partial charge in [0, 0.05) is 38.2 Å². The largest absolute Gasteiger partial charge is 0.356 e. The molecule has 1 aromatic carbocycles. The number of likely N-dealkylation sites (tertiary alicyclic amines) is 1. The van der Waals surface area contributed by atoms with Crippen molar-refractivity contribution in [2.75, 3.05) is 33.2 Å². The second-order valence-electron chi connectivity index (χ2n) is 7.09. The van der Waals surface area contributed by atoms with E-state index < -0.39 is 0 Å². The van der Waals surface area contributed by atoms with Gasteiger partial charge in [0.15, 0.2) is 5.96 Å². The fourth-order valence-corrected chi connectivity index (χ4v) is 3.38. The number of benzene rings is 1. The van der Waals surface area contributed by atoms with E-state index >= 15 is 0 Å². The second-order valence-corrected chi connectivity index (χ2v) is 7.53. The van der Waals surface area contributed by atoms with E-state index in [-0.39, 0.29) is 0 Å². The molecule has 2 rings (SSSR count). The van der Waals surface area contributed by atoms with Crippen LogP contribution in [0.2, 0.25) is 5.02 Å². The van der Waals surface area contributed by atoms with Gasteiger partial charge >= 0.3 is 0 Å². The van der Waals surface area contributed by atoms with Crippen LogP contribution in [0.25, 0.3) is 0 Å². The van der Waals surface area contributed by atoms with Crippen molar-refractivity contribution in [1.29, 1.82) is 0 Å². The van der Waals surface area contributed by atoms with Gasteiger partial charge in [-0.3, -0.25) is 4.99 Å². The molecule has 1 heterocycles. The first-order chi connectivity index (χ1) is 11.6. The Hall–Kier alpha value is -1.26. The van der Waals surface area contributed by atoms with Crippen LogP contribution in [0, 0.1) is 11.8 Å². The van der Waals surface area contributed by atoms with Gasteiger partial charge in [-0.25, -0.2) is 0 Å². The van der Waals surface area contributed by atoms with E-state index in [2.05, 4.69) is 34.4 Å². The lowest BCUT2D eigenvalue weighted by molar-refractivity contribution is 0.159. The van der Waals surface area contributed by atoms with E-state index in [1.54, 1.807) is 0 Å². The minimum absolute atomic E-state index is 0.701. The Labute approximate surface area is 151 Å². The molecule has 24 heavy (non-hydrogen) atoms. The van der Waals surface area contributed by atoms with E-state index in [4.69, 9.17) is 11.6 Å². The lowest BCUT2D eigenvalue weighted by Gasteiger charge is -2.34. The van der Waals surface area contributed by atoms with Crippen molar-refractivity contribution in [1.82, 2.24) is 15.5 Å². The van der Waals surface area contributed by atoms with Gasteiger partial charge in [0.05, 0.1) is 0 Å². The third kappa shape index (κ3) is 6.70. The molecule has 0 spiro atoms. The Bertz CT molecular complexity index is 513. The molecule has 0 aromatic heterocycles. The first-order valence-electron chi connectivity index (χ1n) is 8.98. The average molecular weight is 351 g/mol. The summed E-state index contributed by atoms with van der Waals surface area (Å²) in [6.45, 7) is 9.97. The quantitative estimate of drug-likeness (QED) is 0.610. The van der Waals surface area contributed by atoms with Crippen LogP contribution in [0.15, 0.2) is 29.3 Å². The highest BCUT2D eigenvalue weighted by molar-refractivity contribution is 6.30. The molecule has 5 heteroatoms. The Morgan fingerprint density at radius 1 is 1.29 bits per heavy atom. The molecule has 1 fully saturated rings. The topological polar surface area (TPSA) is 39.7 Å². The van der Waals surface area contributed by atoms with Crippen molar-refractivity contribution in [3.8, 4) is 0 Å². The van der Waals surface area contributed by atoms with Crippen LogP contribution in [-0.4, -0.2) is 44.1 Å². The first-order valence-corrected chi connectivity index (χ1v) is 9.36. The smallest absolute Gasteiger partial charge is 0.191 e. The molecule has 0 amide bonds. The SMILES string of the molecule is CN=C(NCc1ccc(Cl)cc1)NCC1CCCN(CC(C)C)C1. The van der Waals surface area contributed by atoms with Gasteiger partial charge in [0.1, 0.15) is 0 Å². The lowest BCUT2D eigenvalue weighted by atomic mass is 9.97. The zero-order chi connectivity index (χ0) is 17.4. The van der Waals surface area contributed by atoms with Crippen LogP contribution in [-0.2, 0) is 6.54 Å². The lowest BCUT2D eigenvalue weighted by Crippen LogP contribution is -2.44. The molecule has 134 valence electrons. The monoisotopic (exact) mass is 350 g/mol. The molecule has 0 radical (unpaired) electrons. The summed E-state index contributed by atoms with van der Waals surface area (Å²) in [6.07, 6.45) is 2.60. The molecule has 1 saturated heterocycles. The van der Waals surface area contributed by atoms with E-state index in [0.717, 1.165) is 30.0 Å². The molecule has 1 unspecified atom stereocenters. The summed E-state index contributed by atoms with van der Waals surface area (Å²) >= 11 is 5.92. The van der Waals surface area contributed by atoms with Crippen LogP contribution in [0.4, 0.5) is 0 Å². The number of aliphatic imine (C=N–C) groups is 1. The summed E-state index contributed by atoms with van der Waals surface area (Å²) < 4.78 is 0. The van der Waals surface area contributed by atoms with Gasteiger partial charge < -0.3 is 15.5 Å². The Morgan fingerprint density at radius 2 is 2.04 bits per heavy atom. The predicted octanol–water partition coefficient (Wildman–Crippen LogP) is 3.37. The Morgan fingerprint density at radius 3 is 2.71 bits per heavy atom. The molecule has 1 aliphatic rings. The number of piperidine rings is 1. The molecule has 1 aromatic rings. The van der Waals surface area contributed by atoms with Gasteiger partial charge in [0.2, 0.25) is 0 Å². The van der Waals surface area contributed by atoms with E-state index in [1.165, 1.54) is 38.0 Å². The number of halogens is 1. The molecule has 0 saturated carbocycles. The first kappa shape index (κ1) is 19.1. The van der Waals surface area contributed by atoms with Crippen LogP contribution in [0.3, 0.4) is 0 Å². The van der Waals surface area contributed by atoms with Crippen LogP contribution in [0.5, 0.6) is 0 Å². The average Bonchev–Trinajstić information content (AvgIpc) is 2.56. The van der Waals surface area contributed by atoms with Gasteiger partial charge in [-0.15, -0.1) is 0 Å². The number of guanidine groups is 1. The molecule has 1 aliphatic heterocycles. The molecular formula is C19H31ClN4. The third-order valence-electron chi connectivity index (χ3n) is 4.38. The fourth-order valence-electron chi connectivity index (χ4n) is 3.25. The Balaban J connectivity index is 1.73. The van der Waals surface area contributed by atoms with Crippen LogP contribution in [0.1, 0.15) is 32.3 Å². The molecule has 0 bridgehead atoms. The van der Waals surface area contributed by atoms with Crippen molar-refractivity contribution in [3.05, 3.63) is 34.9 Å². The predicted molar refractivity (Wildman–Crippen MR) is 104 cm³/mol. The maximum atomic E-state index is 5.92. The number of hydrogen-bond donors (Lipinski definition) is 2. The van der Waals surface area contributed by atoms with Gasteiger partial charge in [0.25, 0.3) is 0 Å². The second kappa shape index (κ2) is 9.90. The van der Waals surface area contributed by atoms with Crippen molar-refractivity contribution in [3.63, 3.8) is 0 Å². The third-order valence-corrected chi connectivity index (χ3v) is 4.63. The highest BCUT2D eigenvalue weighted by Crippen LogP contribution is 2.16. The normalized spacial score (nSPS) is 19.5. The number of rotatable bonds is 6. The van der Waals surface area contributed by atoms with Crippen LogP contribution < -0.4 is 10.6 Å². The van der Waals surface area contributed by atoms with Crippen molar-refractivity contribution < 1.29 is 0 Å². The number of hydrogen-bond acceptors (Lipinski definition) is 2. The molecular weight excluding hydrogens is 320 g/mol. The van der Waals surface area contributed by atoms with E-state index in [9.17, 15) is 0 Å². The highest BCUT2D eigenvalue weighted by Gasteiger charge is 2.20. The number of nitrogens with zero attached hydrogens (tertiary/aromatic N) is 2. The van der Waals surface area contributed by atoms with Crippen molar-refractivity contribution in [2.24, 2.45) is 16.8 Å². The Kier molecular flexibility index (Phi) is 7.86. The zero-order valence-corrected chi connectivity index (χ0v) is 15.9. The van der Waals surface area contributed by atoms with Crippen molar-refractivity contribution >= 4 is 17.6 Å². The van der Waals surface area contributed by atoms with Crippen molar-refractivity contribution in [2.45, 2.75) is 33.2 Å². The maximum absolute atomic E-state index is 5.92. The number of nitrogens with one attached hydrogen (secondary N) is 2. The summed E-state index contributed by atoms with van der Waals surface area (Å²) in [5.74, 6) is 2.31. The standard InChI is InChI=1S/C19H31ClN4/c1-15(2)13-24-10-4-5-17(14-24)12-23-19(21-3)22-11-16-6-8-18(20)9-7-16/h6-9,15,17H,4-5,10-14H2,1-3H3,(H2,21,22,23). The molecule has 2 N–H and O–H groups in total.